The molecule has 0 N–H and O–H groups in total. The van der Waals surface area contributed by atoms with Gasteiger partial charge in [-0.15, -0.1) is 0 Å². The predicted octanol–water partition coefficient (Wildman–Crippen LogP) is 5.14. The van der Waals surface area contributed by atoms with Crippen LogP contribution >= 0.6 is 0 Å². The molecule has 0 fully saturated rings. The van der Waals surface area contributed by atoms with Gasteiger partial charge in [0.1, 0.15) is 5.82 Å². The number of benzene rings is 2. The summed E-state index contributed by atoms with van der Waals surface area (Å²) in [7, 11) is 1.60. The van der Waals surface area contributed by atoms with Crippen LogP contribution in [-0.4, -0.2) is 27.6 Å². The SMILES string of the molecule is Cc1nn(-c2ccc(F)cc2)c(C)c1/C=C/C(=O)N(C)C(C)c1ccc(F)c(F)c1. The van der Waals surface area contributed by atoms with Crippen LogP contribution in [0, 0.1) is 31.3 Å². The number of carbonyl (C=O) groups excluding carboxylic acids is 1. The van der Waals surface area contributed by atoms with E-state index in [1.165, 1.54) is 29.2 Å². The van der Waals surface area contributed by atoms with Gasteiger partial charge >= 0.3 is 0 Å². The Hall–Kier alpha value is -3.35. The van der Waals surface area contributed by atoms with E-state index in [0.717, 1.165) is 29.1 Å². The van der Waals surface area contributed by atoms with Crippen molar-refractivity contribution in [3.63, 3.8) is 0 Å². The normalized spacial score (nSPS) is 12.4. The summed E-state index contributed by atoms with van der Waals surface area (Å²) in [5.41, 5.74) is 3.51. The lowest BCUT2D eigenvalue weighted by Gasteiger charge is -2.24. The minimum absolute atomic E-state index is 0.291. The molecule has 7 heteroatoms. The van der Waals surface area contributed by atoms with Crippen molar-refractivity contribution in [2.24, 2.45) is 0 Å². The van der Waals surface area contributed by atoms with Crippen LogP contribution < -0.4 is 0 Å². The van der Waals surface area contributed by atoms with E-state index in [4.69, 9.17) is 0 Å². The average molecular weight is 413 g/mol. The van der Waals surface area contributed by atoms with Crippen LogP contribution in [0.1, 0.15) is 35.5 Å². The van der Waals surface area contributed by atoms with Gasteiger partial charge in [-0.05, 0) is 68.8 Å². The maximum atomic E-state index is 13.5. The smallest absolute Gasteiger partial charge is 0.246 e. The number of likely N-dealkylation sites (N-methyl/N-ethyl adjacent to an activating group) is 1. The Kier molecular flexibility index (Phi) is 6.10. The van der Waals surface area contributed by atoms with E-state index in [-0.39, 0.29) is 11.7 Å². The summed E-state index contributed by atoms with van der Waals surface area (Å²) >= 11 is 0. The second-order valence-corrected chi connectivity index (χ2v) is 7.10. The van der Waals surface area contributed by atoms with Crippen molar-refractivity contribution < 1.29 is 18.0 Å². The van der Waals surface area contributed by atoms with Crippen LogP contribution in [0.15, 0.2) is 48.5 Å². The molecule has 2 aromatic carbocycles. The lowest BCUT2D eigenvalue weighted by atomic mass is 10.1. The summed E-state index contributed by atoms with van der Waals surface area (Å²) < 4.78 is 41.5. The predicted molar refractivity (Wildman–Crippen MR) is 110 cm³/mol. The maximum absolute atomic E-state index is 13.5. The van der Waals surface area contributed by atoms with Crippen LogP contribution in [0.3, 0.4) is 0 Å². The minimum Gasteiger partial charge on any atom is -0.335 e. The number of halogens is 3. The molecule has 3 rings (SSSR count). The first-order valence-electron chi connectivity index (χ1n) is 9.41. The molecule has 1 aromatic heterocycles. The topological polar surface area (TPSA) is 38.1 Å². The molecule has 1 atom stereocenters. The van der Waals surface area contributed by atoms with Gasteiger partial charge in [0.15, 0.2) is 11.6 Å². The molecule has 0 aliphatic heterocycles. The third kappa shape index (κ3) is 4.30. The average Bonchev–Trinajstić information content (AvgIpc) is 3.01. The van der Waals surface area contributed by atoms with Crippen LogP contribution in [0.4, 0.5) is 13.2 Å². The van der Waals surface area contributed by atoms with Gasteiger partial charge in [-0.1, -0.05) is 6.07 Å². The first-order valence-corrected chi connectivity index (χ1v) is 9.41. The number of aryl methyl sites for hydroxylation is 1. The van der Waals surface area contributed by atoms with Gasteiger partial charge in [0, 0.05) is 24.4 Å². The molecule has 1 heterocycles. The minimum atomic E-state index is -0.949. The van der Waals surface area contributed by atoms with Gasteiger partial charge in [-0.25, -0.2) is 17.9 Å². The highest BCUT2D eigenvalue weighted by atomic mass is 19.2. The highest BCUT2D eigenvalue weighted by molar-refractivity contribution is 5.92. The third-order valence-corrected chi connectivity index (χ3v) is 5.17. The Morgan fingerprint density at radius 3 is 2.37 bits per heavy atom. The van der Waals surface area contributed by atoms with Crippen molar-refractivity contribution in [3.8, 4) is 5.69 Å². The Bertz CT molecular complexity index is 1100. The molecule has 3 aromatic rings. The fourth-order valence-electron chi connectivity index (χ4n) is 3.19. The maximum Gasteiger partial charge on any atom is 0.246 e. The lowest BCUT2D eigenvalue weighted by Crippen LogP contribution is -2.28. The fraction of sp³-hybridized carbons (Fsp3) is 0.217. The second-order valence-electron chi connectivity index (χ2n) is 7.10. The molecule has 4 nitrogen and oxygen atoms in total. The molecule has 0 aliphatic carbocycles. The monoisotopic (exact) mass is 413 g/mol. The summed E-state index contributed by atoms with van der Waals surface area (Å²) in [4.78, 5) is 14.1. The van der Waals surface area contributed by atoms with Crippen molar-refractivity contribution in [1.29, 1.82) is 0 Å². The quantitative estimate of drug-likeness (QED) is 0.544. The highest BCUT2D eigenvalue weighted by Crippen LogP contribution is 2.23. The van der Waals surface area contributed by atoms with Crippen LogP contribution in [0.25, 0.3) is 11.8 Å². The molecule has 0 aliphatic rings. The number of rotatable bonds is 5. The molecule has 0 saturated carbocycles. The largest absolute Gasteiger partial charge is 0.335 e. The summed E-state index contributed by atoms with van der Waals surface area (Å²) in [6, 6.07) is 9.13. The molecule has 0 bridgehead atoms. The molecule has 0 saturated heterocycles. The van der Waals surface area contributed by atoms with Crippen molar-refractivity contribution in [1.82, 2.24) is 14.7 Å². The number of hydrogen-bond acceptors (Lipinski definition) is 2. The zero-order valence-electron chi connectivity index (χ0n) is 17.2. The summed E-state index contributed by atoms with van der Waals surface area (Å²) in [6.07, 6.45) is 3.09. The fourth-order valence-corrected chi connectivity index (χ4v) is 3.19. The van der Waals surface area contributed by atoms with Gasteiger partial charge in [0.05, 0.1) is 17.4 Å². The summed E-state index contributed by atoms with van der Waals surface area (Å²) in [5.74, 6) is -2.50. The number of hydrogen-bond donors (Lipinski definition) is 0. The third-order valence-electron chi connectivity index (χ3n) is 5.17. The molecule has 0 radical (unpaired) electrons. The van der Waals surface area contributed by atoms with E-state index < -0.39 is 17.7 Å². The van der Waals surface area contributed by atoms with Gasteiger partial charge in [0.2, 0.25) is 5.91 Å². The molecule has 30 heavy (non-hydrogen) atoms. The van der Waals surface area contributed by atoms with Crippen molar-refractivity contribution >= 4 is 12.0 Å². The van der Waals surface area contributed by atoms with Gasteiger partial charge in [-0.2, -0.15) is 5.10 Å². The Morgan fingerprint density at radius 1 is 1.07 bits per heavy atom. The number of nitrogens with zero attached hydrogens (tertiary/aromatic N) is 3. The molecular formula is C23H22F3N3O. The van der Waals surface area contributed by atoms with Crippen molar-refractivity contribution in [2.45, 2.75) is 26.8 Å². The van der Waals surface area contributed by atoms with Crippen LogP contribution in [0.2, 0.25) is 0 Å². The van der Waals surface area contributed by atoms with E-state index in [9.17, 15) is 18.0 Å². The molecule has 156 valence electrons. The van der Waals surface area contributed by atoms with E-state index in [1.54, 1.807) is 36.9 Å². The second kappa shape index (κ2) is 8.57. The first-order chi connectivity index (χ1) is 14.2. The number of amides is 1. The van der Waals surface area contributed by atoms with Crippen molar-refractivity contribution in [3.05, 3.63) is 88.5 Å². The summed E-state index contributed by atoms with van der Waals surface area (Å²) in [5, 5.41) is 4.47. The van der Waals surface area contributed by atoms with Crippen LogP contribution in [-0.2, 0) is 4.79 Å². The number of carbonyl (C=O) groups is 1. The zero-order valence-corrected chi connectivity index (χ0v) is 17.2. The molecule has 0 spiro atoms. The van der Waals surface area contributed by atoms with Crippen LogP contribution in [0.5, 0.6) is 0 Å². The van der Waals surface area contributed by atoms with Gasteiger partial charge < -0.3 is 4.90 Å². The lowest BCUT2D eigenvalue weighted by molar-refractivity contribution is -0.126. The highest BCUT2D eigenvalue weighted by Gasteiger charge is 2.18. The standard InChI is InChI=1S/C23H22F3N3O/c1-14-20(16(3)29(27-14)19-8-6-18(24)7-9-19)10-12-23(30)28(4)15(2)17-5-11-21(25)22(26)13-17/h5-13,15H,1-4H3/b12-10+. The van der Waals surface area contributed by atoms with E-state index >= 15 is 0 Å². The van der Waals surface area contributed by atoms with E-state index in [0.29, 0.717) is 11.3 Å². The summed E-state index contributed by atoms with van der Waals surface area (Å²) in [6.45, 7) is 5.42. The van der Waals surface area contributed by atoms with Gasteiger partial charge in [0.25, 0.3) is 0 Å². The van der Waals surface area contributed by atoms with E-state index in [2.05, 4.69) is 5.10 Å². The zero-order chi connectivity index (χ0) is 22.0. The Balaban J connectivity index is 1.80. The molecule has 1 amide bonds. The molecule has 1 unspecified atom stereocenters. The Labute approximate surface area is 173 Å². The van der Waals surface area contributed by atoms with Gasteiger partial charge in [-0.3, -0.25) is 4.79 Å². The Morgan fingerprint density at radius 2 is 1.73 bits per heavy atom. The number of aromatic nitrogens is 2. The molecular weight excluding hydrogens is 391 g/mol. The van der Waals surface area contributed by atoms with E-state index in [1.807, 2.05) is 13.8 Å². The first kappa shape index (κ1) is 21.4. The van der Waals surface area contributed by atoms with Crippen molar-refractivity contribution in [2.75, 3.05) is 7.05 Å².